The van der Waals surface area contributed by atoms with E-state index in [0.29, 0.717) is 0 Å². The number of rotatable bonds is 6. The number of hydrogen-bond donors (Lipinski definition) is 3. The summed E-state index contributed by atoms with van der Waals surface area (Å²) in [4.78, 5) is 23.7. The molecule has 0 aromatic heterocycles. The van der Waals surface area contributed by atoms with Crippen LogP contribution in [0.5, 0.6) is 11.5 Å². The van der Waals surface area contributed by atoms with Gasteiger partial charge in [-0.3, -0.25) is 4.79 Å². The molecule has 1 rings (SSSR count). The molecule has 1 aromatic carbocycles. The highest BCUT2D eigenvalue weighted by Crippen LogP contribution is 2.27. The number of allylic oxidation sites excluding steroid dienone is 3. The lowest BCUT2D eigenvalue weighted by atomic mass is 10.1. The molecule has 22 heavy (non-hydrogen) atoms. The van der Waals surface area contributed by atoms with Crippen molar-refractivity contribution in [1.29, 1.82) is 0 Å². The van der Waals surface area contributed by atoms with Gasteiger partial charge in [-0.2, -0.15) is 0 Å². The number of phenols is 2. The molecule has 0 aliphatic heterocycles. The number of aliphatic hydroxyl groups excluding tert-OH is 1. The molecule has 0 radical (unpaired) electrons. The summed E-state index contributed by atoms with van der Waals surface area (Å²) < 4.78 is 4.60. The zero-order chi connectivity index (χ0) is 16.7. The molecule has 0 aliphatic carbocycles. The van der Waals surface area contributed by atoms with E-state index >= 15 is 0 Å². The quantitative estimate of drug-likeness (QED) is 0.184. The van der Waals surface area contributed by atoms with E-state index in [-0.39, 0.29) is 22.8 Å². The van der Waals surface area contributed by atoms with E-state index in [4.69, 9.17) is 0 Å². The van der Waals surface area contributed by atoms with Crippen molar-refractivity contribution in [1.82, 2.24) is 0 Å². The summed E-state index contributed by atoms with van der Waals surface area (Å²) in [7, 11) is 0. The van der Waals surface area contributed by atoms with Crippen LogP contribution in [0.3, 0.4) is 0 Å². The van der Waals surface area contributed by atoms with E-state index in [1.807, 2.05) is 0 Å². The van der Waals surface area contributed by atoms with Gasteiger partial charge in [-0.05, 0) is 43.5 Å². The van der Waals surface area contributed by atoms with E-state index < -0.39 is 23.3 Å². The Bertz CT molecular complexity index is 633. The lowest BCUT2D eigenvalue weighted by Gasteiger charge is -2.05. The summed E-state index contributed by atoms with van der Waals surface area (Å²) in [6, 6.07) is 3.69. The molecule has 0 unspecified atom stereocenters. The van der Waals surface area contributed by atoms with Crippen molar-refractivity contribution in [2.75, 3.05) is 12.9 Å². The molecule has 0 atom stereocenters. The number of benzene rings is 1. The molecule has 0 heterocycles. The van der Waals surface area contributed by atoms with Crippen LogP contribution in [0.4, 0.5) is 0 Å². The predicted octanol–water partition coefficient (Wildman–Crippen LogP) is 2.53. The Hall–Kier alpha value is -2.41. The number of ketones is 1. The van der Waals surface area contributed by atoms with Crippen molar-refractivity contribution in [3.05, 3.63) is 46.6 Å². The molecule has 3 N–H and O–H groups in total. The molecule has 0 saturated heterocycles. The van der Waals surface area contributed by atoms with Crippen LogP contribution in [0.15, 0.2) is 41.0 Å². The van der Waals surface area contributed by atoms with Crippen molar-refractivity contribution in [2.45, 2.75) is 6.92 Å². The minimum Gasteiger partial charge on any atom is -0.504 e. The van der Waals surface area contributed by atoms with Gasteiger partial charge in [-0.25, -0.2) is 4.79 Å². The Labute approximate surface area is 131 Å². The van der Waals surface area contributed by atoms with Crippen LogP contribution >= 0.6 is 11.8 Å². The van der Waals surface area contributed by atoms with Gasteiger partial charge < -0.3 is 20.1 Å². The largest absolute Gasteiger partial charge is 0.504 e. The Balaban J connectivity index is 3.01. The van der Waals surface area contributed by atoms with Gasteiger partial charge in [-0.15, -0.1) is 11.8 Å². The first kappa shape index (κ1) is 17.6. The van der Waals surface area contributed by atoms with Gasteiger partial charge in [0.15, 0.2) is 17.3 Å². The van der Waals surface area contributed by atoms with E-state index in [9.17, 15) is 24.9 Å². The van der Waals surface area contributed by atoms with Crippen LogP contribution in [-0.4, -0.2) is 39.9 Å². The van der Waals surface area contributed by atoms with Crippen LogP contribution in [-0.2, 0) is 9.53 Å². The lowest BCUT2D eigenvalue weighted by molar-refractivity contribution is -0.141. The molecule has 0 spiro atoms. The number of Topliss-reactive ketones (excluding diaryl/α,β-unsaturated/α-hetero) is 1. The number of carbonyl (C=O) groups is 2. The topological polar surface area (TPSA) is 104 Å². The number of carbonyl (C=O) groups excluding carboxylic acids is 2. The zero-order valence-corrected chi connectivity index (χ0v) is 12.9. The van der Waals surface area contributed by atoms with Crippen LogP contribution < -0.4 is 0 Å². The van der Waals surface area contributed by atoms with Crippen molar-refractivity contribution < 1.29 is 29.6 Å². The van der Waals surface area contributed by atoms with Gasteiger partial charge >= 0.3 is 5.97 Å². The minimum atomic E-state index is -0.881. The first-order chi connectivity index (χ1) is 10.4. The number of aliphatic hydroxyl groups is 1. The second kappa shape index (κ2) is 8.14. The molecule has 0 saturated carbocycles. The first-order valence-corrected chi connectivity index (χ1v) is 7.51. The average molecular weight is 324 g/mol. The van der Waals surface area contributed by atoms with E-state index in [1.165, 1.54) is 18.2 Å². The number of ether oxygens (including phenoxy) is 1. The minimum absolute atomic E-state index is 0.127. The molecule has 0 aliphatic rings. The van der Waals surface area contributed by atoms with E-state index in [2.05, 4.69) is 4.74 Å². The predicted molar refractivity (Wildman–Crippen MR) is 83.0 cm³/mol. The lowest BCUT2D eigenvalue weighted by Crippen LogP contribution is -2.07. The van der Waals surface area contributed by atoms with Crippen molar-refractivity contribution in [2.24, 2.45) is 0 Å². The number of thioether (sulfide) groups is 1. The fourth-order valence-electron chi connectivity index (χ4n) is 1.47. The standard InChI is InChI=1S/C15H16O6S/c1-3-21-15(20)11(17)6-7-13(22-2)14(19)9-4-5-10(16)12(18)8-9/h4-8,16-18H,3H2,1-2H3/b11-6-,13-7-. The molecule has 118 valence electrons. The van der Waals surface area contributed by atoms with Crippen molar-refractivity contribution in [3.63, 3.8) is 0 Å². The van der Waals surface area contributed by atoms with Gasteiger partial charge in [0.25, 0.3) is 0 Å². The monoisotopic (exact) mass is 324 g/mol. The molecule has 0 amide bonds. The molecule has 0 fully saturated rings. The normalized spacial score (nSPS) is 12.1. The Morgan fingerprint density at radius 2 is 1.91 bits per heavy atom. The van der Waals surface area contributed by atoms with Gasteiger partial charge in [-0.1, -0.05) is 0 Å². The van der Waals surface area contributed by atoms with Gasteiger partial charge in [0.1, 0.15) is 0 Å². The van der Waals surface area contributed by atoms with Gasteiger partial charge in [0, 0.05) is 5.56 Å². The SMILES string of the molecule is CCOC(=O)/C(O)=C/C=C(\SC)C(=O)c1ccc(O)c(O)c1. The van der Waals surface area contributed by atoms with Crippen LogP contribution in [0.2, 0.25) is 0 Å². The molecule has 6 nitrogen and oxygen atoms in total. The fraction of sp³-hybridized carbons (Fsp3) is 0.200. The summed E-state index contributed by atoms with van der Waals surface area (Å²) in [5.74, 6) is -2.65. The maximum absolute atomic E-state index is 12.2. The van der Waals surface area contributed by atoms with Crippen LogP contribution in [0.1, 0.15) is 17.3 Å². The third-order valence-corrected chi connectivity index (χ3v) is 3.32. The van der Waals surface area contributed by atoms with Crippen LogP contribution in [0.25, 0.3) is 0 Å². The molecular weight excluding hydrogens is 308 g/mol. The second-order valence-corrected chi connectivity index (χ2v) is 4.89. The molecular formula is C15H16O6S. The van der Waals surface area contributed by atoms with Crippen molar-refractivity contribution in [3.8, 4) is 11.5 Å². The summed E-state index contributed by atoms with van der Waals surface area (Å²) in [6.45, 7) is 1.73. The maximum Gasteiger partial charge on any atom is 0.373 e. The number of esters is 1. The highest BCUT2D eigenvalue weighted by molar-refractivity contribution is 8.03. The summed E-state index contributed by atoms with van der Waals surface area (Å²) in [5.41, 5.74) is 0.167. The molecule has 7 heteroatoms. The molecule has 0 bridgehead atoms. The first-order valence-electron chi connectivity index (χ1n) is 6.29. The summed E-state index contributed by atoms with van der Waals surface area (Å²) in [5, 5.41) is 28.1. The number of aromatic hydroxyl groups is 2. The number of phenolic OH excluding ortho intramolecular Hbond substituents is 2. The Morgan fingerprint density at radius 1 is 1.23 bits per heavy atom. The highest BCUT2D eigenvalue weighted by atomic mass is 32.2. The maximum atomic E-state index is 12.2. The van der Waals surface area contributed by atoms with Crippen LogP contribution in [0, 0.1) is 0 Å². The van der Waals surface area contributed by atoms with Crippen molar-refractivity contribution >= 4 is 23.5 Å². The third kappa shape index (κ3) is 4.56. The van der Waals surface area contributed by atoms with Gasteiger partial charge in [0.05, 0.1) is 11.5 Å². The fourth-order valence-corrected chi connectivity index (χ4v) is 1.98. The average Bonchev–Trinajstić information content (AvgIpc) is 2.50. The summed E-state index contributed by atoms with van der Waals surface area (Å²) in [6.07, 6.45) is 4.00. The number of hydrogen-bond acceptors (Lipinski definition) is 7. The highest BCUT2D eigenvalue weighted by Gasteiger charge is 2.14. The van der Waals surface area contributed by atoms with Gasteiger partial charge in [0.2, 0.25) is 5.76 Å². The zero-order valence-electron chi connectivity index (χ0n) is 12.1. The van der Waals surface area contributed by atoms with E-state index in [1.54, 1.807) is 13.2 Å². The summed E-state index contributed by atoms with van der Waals surface area (Å²) >= 11 is 1.11. The molecule has 1 aromatic rings. The smallest absolute Gasteiger partial charge is 0.373 e. The Morgan fingerprint density at radius 3 is 2.45 bits per heavy atom. The Kier molecular flexibility index (Phi) is 6.52. The van der Waals surface area contributed by atoms with E-state index in [0.717, 1.165) is 23.9 Å². The third-order valence-electron chi connectivity index (χ3n) is 2.56. The second-order valence-electron chi connectivity index (χ2n) is 4.04.